The molecule has 3 aromatic rings. The van der Waals surface area contributed by atoms with Crippen LogP contribution in [0.1, 0.15) is 0 Å². The predicted molar refractivity (Wildman–Crippen MR) is 73.4 cm³/mol. The molecular formula is C14H12N3S+. The van der Waals surface area contributed by atoms with Crippen molar-refractivity contribution in [3.8, 4) is 5.69 Å². The molecule has 0 aliphatic carbocycles. The number of benzene rings is 2. The van der Waals surface area contributed by atoms with Gasteiger partial charge in [-0.1, -0.05) is 36.4 Å². The summed E-state index contributed by atoms with van der Waals surface area (Å²) in [6.07, 6.45) is 0. The Kier molecular flexibility index (Phi) is 3.02. The highest BCUT2D eigenvalue weighted by Gasteiger charge is 2.11. The average Bonchev–Trinajstić information content (AvgIpc) is 2.89. The normalized spacial score (nSPS) is 10.2. The van der Waals surface area contributed by atoms with Crippen LogP contribution in [0, 0.1) is 0 Å². The maximum Gasteiger partial charge on any atom is 0.261 e. The zero-order valence-corrected chi connectivity index (χ0v) is 10.5. The summed E-state index contributed by atoms with van der Waals surface area (Å²) < 4.78 is 1.87. The molecule has 0 bridgehead atoms. The van der Waals surface area contributed by atoms with Gasteiger partial charge in [0.15, 0.2) is 0 Å². The smallest absolute Gasteiger partial charge is 0.261 e. The molecule has 0 atom stereocenters. The summed E-state index contributed by atoms with van der Waals surface area (Å²) in [5.41, 5.74) is 4.10. The van der Waals surface area contributed by atoms with Gasteiger partial charge < -0.3 is 5.32 Å². The van der Waals surface area contributed by atoms with Crippen molar-refractivity contribution in [1.29, 1.82) is 0 Å². The second kappa shape index (κ2) is 4.98. The predicted octanol–water partition coefficient (Wildman–Crippen LogP) is 3.16. The van der Waals surface area contributed by atoms with E-state index in [2.05, 4.69) is 10.4 Å². The highest BCUT2D eigenvalue weighted by molar-refractivity contribution is 7.13. The summed E-state index contributed by atoms with van der Waals surface area (Å²) in [4.78, 5) is 0. The molecular weight excluding hydrogens is 242 g/mol. The minimum atomic E-state index is 0.880. The van der Waals surface area contributed by atoms with E-state index >= 15 is 0 Å². The number of nitrogens with zero attached hydrogens (tertiary/aromatic N) is 2. The van der Waals surface area contributed by atoms with Crippen LogP contribution < -0.4 is 10.00 Å². The van der Waals surface area contributed by atoms with Gasteiger partial charge in [0, 0.05) is 22.9 Å². The van der Waals surface area contributed by atoms with Crippen LogP contribution in [0.2, 0.25) is 0 Å². The number of anilines is 2. The lowest BCUT2D eigenvalue weighted by Gasteiger charge is -1.97. The monoisotopic (exact) mass is 254 g/mol. The Labute approximate surface area is 109 Å². The van der Waals surface area contributed by atoms with E-state index in [-0.39, 0.29) is 0 Å². The first kappa shape index (κ1) is 10.9. The van der Waals surface area contributed by atoms with Crippen molar-refractivity contribution in [2.75, 3.05) is 5.32 Å². The topological polar surface area (TPSA) is 28.8 Å². The number of hydrogen-bond acceptors (Lipinski definition) is 3. The molecule has 3 nitrogen and oxygen atoms in total. The van der Waals surface area contributed by atoms with Crippen molar-refractivity contribution in [2.45, 2.75) is 0 Å². The molecule has 3 rings (SSSR count). The fourth-order valence-corrected chi connectivity index (χ4v) is 2.32. The van der Waals surface area contributed by atoms with E-state index in [0.29, 0.717) is 0 Å². The summed E-state index contributed by atoms with van der Waals surface area (Å²) in [6.45, 7) is 0. The van der Waals surface area contributed by atoms with Crippen molar-refractivity contribution in [3.63, 3.8) is 0 Å². The molecule has 1 heterocycles. The van der Waals surface area contributed by atoms with E-state index in [1.165, 1.54) is 0 Å². The average molecular weight is 254 g/mol. The van der Waals surface area contributed by atoms with Gasteiger partial charge >= 0.3 is 0 Å². The van der Waals surface area contributed by atoms with Crippen LogP contribution in [0.15, 0.2) is 66.2 Å². The first-order valence-corrected chi connectivity index (χ1v) is 6.55. The van der Waals surface area contributed by atoms with Crippen LogP contribution in [0.25, 0.3) is 5.69 Å². The van der Waals surface area contributed by atoms with Crippen LogP contribution >= 0.6 is 11.3 Å². The Hall–Kier alpha value is -2.20. The Bertz CT molecular complexity index is 620. The van der Waals surface area contributed by atoms with E-state index in [0.717, 1.165) is 16.5 Å². The van der Waals surface area contributed by atoms with Crippen molar-refractivity contribution in [2.24, 2.45) is 0 Å². The molecule has 0 saturated carbocycles. The molecule has 0 saturated heterocycles. The fourth-order valence-electron chi connectivity index (χ4n) is 1.64. The zero-order valence-electron chi connectivity index (χ0n) is 9.65. The number of aromatic nitrogens is 2. The van der Waals surface area contributed by atoms with Crippen LogP contribution in [-0.2, 0) is 0 Å². The van der Waals surface area contributed by atoms with Gasteiger partial charge in [0.05, 0.1) is 0 Å². The Morgan fingerprint density at radius 1 is 0.889 bits per heavy atom. The van der Waals surface area contributed by atoms with Gasteiger partial charge in [-0.3, -0.25) is 0 Å². The molecule has 4 heteroatoms. The third-order valence-corrected chi connectivity index (χ3v) is 3.22. The van der Waals surface area contributed by atoms with Gasteiger partial charge in [0.25, 0.3) is 10.6 Å². The highest BCUT2D eigenvalue weighted by Crippen LogP contribution is 2.16. The lowest BCUT2D eigenvalue weighted by atomic mass is 10.3. The summed E-state index contributed by atoms with van der Waals surface area (Å²) in [5.74, 6) is 0. The maximum atomic E-state index is 4.50. The molecule has 0 unspecified atom stereocenters. The Morgan fingerprint density at radius 2 is 1.56 bits per heavy atom. The Balaban J connectivity index is 1.82. The van der Waals surface area contributed by atoms with Gasteiger partial charge in [-0.15, -0.1) is 0 Å². The summed E-state index contributed by atoms with van der Waals surface area (Å²) in [7, 11) is 0. The molecule has 0 aliphatic rings. The summed E-state index contributed by atoms with van der Waals surface area (Å²) in [6, 6.07) is 20.1. The zero-order chi connectivity index (χ0) is 12.2. The lowest BCUT2D eigenvalue weighted by molar-refractivity contribution is -0.652. The maximum absolute atomic E-state index is 4.50. The number of hydrogen-bond donors (Lipinski definition) is 1. The molecule has 88 valence electrons. The minimum absolute atomic E-state index is 0.880. The van der Waals surface area contributed by atoms with Crippen LogP contribution in [-0.4, -0.2) is 5.10 Å². The second-order valence-electron chi connectivity index (χ2n) is 3.80. The van der Waals surface area contributed by atoms with Gasteiger partial charge in [-0.05, 0) is 28.2 Å². The molecule has 0 aliphatic heterocycles. The van der Waals surface area contributed by atoms with Crippen LogP contribution in [0.3, 0.4) is 0 Å². The van der Waals surface area contributed by atoms with E-state index in [4.69, 9.17) is 0 Å². The lowest BCUT2D eigenvalue weighted by Crippen LogP contribution is -2.31. The number of nitrogens with one attached hydrogen (secondary N) is 1. The van der Waals surface area contributed by atoms with Crippen LogP contribution in [0.4, 0.5) is 10.8 Å². The molecule has 0 spiro atoms. The first-order chi connectivity index (χ1) is 8.92. The second-order valence-corrected chi connectivity index (χ2v) is 4.63. The number of para-hydroxylation sites is 2. The highest BCUT2D eigenvalue weighted by atomic mass is 32.1. The number of rotatable bonds is 3. The fraction of sp³-hybridized carbons (Fsp3) is 0. The Morgan fingerprint density at radius 3 is 2.28 bits per heavy atom. The molecule has 1 aromatic heterocycles. The minimum Gasteiger partial charge on any atom is -0.327 e. The van der Waals surface area contributed by atoms with Gasteiger partial charge in [-0.25, -0.2) is 0 Å². The first-order valence-electron chi connectivity index (χ1n) is 5.67. The molecule has 0 radical (unpaired) electrons. The third-order valence-electron chi connectivity index (χ3n) is 2.51. The molecule has 18 heavy (non-hydrogen) atoms. The summed E-state index contributed by atoms with van der Waals surface area (Å²) >= 11 is 1.58. The quantitative estimate of drug-likeness (QED) is 0.727. The van der Waals surface area contributed by atoms with Gasteiger partial charge in [0.1, 0.15) is 0 Å². The van der Waals surface area contributed by atoms with E-state index in [9.17, 15) is 0 Å². The molecule has 0 fully saturated rings. The van der Waals surface area contributed by atoms with E-state index in [1.807, 2.05) is 70.9 Å². The van der Waals surface area contributed by atoms with E-state index in [1.54, 1.807) is 11.3 Å². The van der Waals surface area contributed by atoms with Crippen molar-refractivity contribution >= 4 is 22.2 Å². The SMILES string of the molecule is c1ccc(Nc2n[n+](-c3ccccc3)cs2)cc1. The largest absolute Gasteiger partial charge is 0.327 e. The standard InChI is InChI=1S/C14H12N3S/c1-3-7-12(8-4-1)15-14-16-17(11-18-14)13-9-5-2-6-10-13/h1-11H,(H,15,16)/q+1. The molecule has 1 N–H and O–H groups in total. The molecule has 2 aromatic carbocycles. The van der Waals surface area contributed by atoms with Crippen molar-refractivity contribution < 1.29 is 4.68 Å². The van der Waals surface area contributed by atoms with Crippen molar-refractivity contribution in [1.82, 2.24) is 5.10 Å². The van der Waals surface area contributed by atoms with Crippen molar-refractivity contribution in [3.05, 3.63) is 66.2 Å². The van der Waals surface area contributed by atoms with Gasteiger partial charge in [-0.2, -0.15) is 0 Å². The van der Waals surface area contributed by atoms with E-state index < -0.39 is 0 Å². The summed E-state index contributed by atoms with van der Waals surface area (Å²) in [5, 5.41) is 8.66. The van der Waals surface area contributed by atoms with Gasteiger partial charge in [0.2, 0.25) is 5.69 Å². The van der Waals surface area contributed by atoms with Crippen LogP contribution in [0.5, 0.6) is 0 Å². The third kappa shape index (κ3) is 2.38. The molecule has 0 amide bonds.